The Bertz CT molecular complexity index is 1060. The molecule has 1 aliphatic carbocycles. The van der Waals surface area contributed by atoms with Crippen LogP contribution in [-0.2, 0) is 11.2 Å². The number of hydrogen-bond acceptors (Lipinski definition) is 3. The Labute approximate surface area is 196 Å². The topological polar surface area (TPSA) is 85.3 Å². The number of rotatable bonds is 6. The molecule has 1 saturated heterocycles. The van der Waals surface area contributed by atoms with Crippen LogP contribution >= 0.6 is 0 Å². The molecule has 3 N–H and O–H groups in total. The summed E-state index contributed by atoms with van der Waals surface area (Å²) in [6, 6.07) is 15.3. The number of benzene rings is 2. The quantitative estimate of drug-likeness (QED) is 0.600. The summed E-state index contributed by atoms with van der Waals surface area (Å²) in [5, 5.41) is 15.0. The molecular formula is C27H34N4O2. The van der Waals surface area contributed by atoms with Crippen LogP contribution in [0.5, 0.6) is 0 Å². The average Bonchev–Trinajstić information content (AvgIpc) is 3.13. The second-order valence-electron chi connectivity index (χ2n) is 9.53. The van der Waals surface area contributed by atoms with Crippen molar-refractivity contribution >= 4 is 17.8 Å². The zero-order valence-electron chi connectivity index (χ0n) is 19.9. The predicted octanol–water partition coefficient (Wildman–Crippen LogP) is 4.73. The molecule has 1 aliphatic heterocycles. The molecule has 0 bridgehead atoms. The number of carbonyl (C=O) groups is 2. The van der Waals surface area contributed by atoms with Crippen molar-refractivity contribution in [1.82, 2.24) is 15.5 Å². The smallest absolute Gasteiger partial charge is 0.251 e. The number of carbonyl (C=O) groups excluding carboxylic acids is 2. The lowest BCUT2D eigenvalue weighted by Crippen LogP contribution is -2.62. The van der Waals surface area contributed by atoms with E-state index in [1.54, 1.807) is 6.07 Å². The van der Waals surface area contributed by atoms with E-state index in [4.69, 9.17) is 5.41 Å². The summed E-state index contributed by atoms with van der Waals surface area (Å²) >= 11 is 0. The zero-order valence-corrected chi connectivity index (χ0v) is 19.9. The van der Waals surface area contributed by atoms with E-state index in [-0.39, 0.29) is 35.4 Å². The maximum atomic E-state index is 13.2. The predicted molar refractivity (Wildman–Crippen MR) is 130 cm³/mol. The van der Waals surface area contributed by atoms with E-state index >= 15 is 0 Å². The largest absolute Gasteiger partial charge is 0.350 e. The van der Waals surface area contributed by atoms with Crippen molar-refractivity contribution in [2.45, 2.75) is 71.0 Å². The molecule has 1 fully saturated rings. The molecule has 2 amide bonds. The van der Waals surface area contributed by atoms with Crippen molar-refractivity contribution in [3.8, 4) is 0 Å². The third kappa shape index (κ3) is 4.26. The number of nitrogens with one attached hydrogen (secondary N) is 3. The Kier molecular flexibility index (Phi) is 6.28. The first-order valence-electron chi connectivity index (χ1n) is 12.0. The van der Waals surface area contributed by atoms with Crippen molar-refractivity contribution < 1.29 is 9.59 Å². The fourth-order valence-corrected chi connectivity index (χ4v) is 5.27. The second-order valence-corrected chi connectivity index (χ2v) is 9.53. The van der Waals surface area contributed by atoms with Crippen molar-refractivity contribution in [2.75, 3.05) is 0 Å². The molecular weight excluding hydrogens is 412 g/mol. The Morgan fingerprint density at radius 3 is 2.64 bits per heavy atom. The third-order valence-electron chi connectivity index (χ3n) is 7.54. The number of hydrogen-bond donors (Lipinski definition) is 3. The number of amides is 2. The van der Waals surface area contributed by atoms with E-state index in [2.05, 4.69) is 29.7 Å². The van der Waals surface area contributed by atoms with Crippen LogP contribution in [0.25, 0.3) is 0 Å². The number of nitrogens with zero attached hydrogens (tertiary/aromatic N) is 1. The van der Waals surface area contributed by atoms with Gasteiger partial charge in [-0.25, -0.2) is 0 Å². The highest BCUT2D eigenvalue weighted by atomic mass is 16.2. The average molecular weight is 447 g/mol. The van der Waals surface area contributed by atoms with Crippen LogP contribution in [0.3, 0.4) is 0 Å². The first-order valence-corrected chi connectivity index (χ1v) is 12.0. The lowest BCUT2D eigenvalue weighted by Gasteiger charge is -2.44. The normalized spacial score (nSPS) is 22.5. The molecule has 174 valence electrons. The Hall–Kier alpha value is -3.15. The highest BCUT2D eigenvalue weighted by molar-refractivity contribution is 6.00. The number of fused-ring (bicyclic) bond motifs is 1. The van der Waals surface area contributed by atoms with E-state index in [0.717, 1.165) is 24.8 Å². The van der Waals surface area contributed by atoms with E-state index in [0.29, 0.717) is 17.9 Å². The third-order valence-corrected chi connectivity index (χ3v) is 7.54. The van der Waals surface area contributed by atoms with Crippen LogP contribution < -0.4 is 10.6 Å². The second kappa shape index (κ2) is 9.00. The van der Waals surface area contributed by atoms with Gasteiger partial charge in [-0.2, -0.15) is 0 Å². The van der Waals surface area contributed by atoms with E-state index in [1.165, 1.54) is 16.0 Å². The molecule has 6 nitrogen and oxygen atoms in total. The van der Waals surface area contributed by atoms with Gasteiger partial charge in [0.25, 0.3) is 5.91 Å². The van der Waals surface area contributed by atoms with E-state index < -0.39 is 0 Å². The molecule has 0 aromatic heterocycles. The van der Waals surface area contributed by atoms with Crippen LogP contribution in [0.4, 0.5) is 0 Å². The molecule has 4 rings (SSSR count). The fourth-order valence-electron chi connectivity index (χ4n) is 5.27. The van der Waals surface area contributed by atoms with Gasteiger partial charge in [0.15, 0.2) is 5.96 Å². The molecule has 3 atom stereocenters. The fraction of sp³-hybridized carbons (Fsp3) is 0.444. The van der Waals surface area contributed by atoms with Crippen molar-refractivity contribution in [3.63, 3.8) is 0 Å². The summed E-state index contributed by atoms with van der Waals surface area (Å²) < 4.78 is 0. The molecule has 2 aromatic carbocycles. The van der Waals surface area contributed by atoms with Gasteiger partial charge < -0.3 is 10.6 Å². The molecule has 2 aromatic rings. The van der Waals surface area contributed by atoms with Gasteiger partial charge in [-0.05, 0) is 60.9 Å². The minimum atomic E-state index is -0.347. The standard InChI is InChI=1S/C27H34N4O2/c1-5-27(6-2)16-23(32)31(26(28)30-27)18(4)19-11-9-12-21(15-19)25(33)29-24-17(3)14-20-10-7-8-13-22(20)24/h7-13,15,17-18,24H,5-6,14,16H2,1-4H3,(H2,28,30)(H,29,33)/t17-,18+,24-/m0/s1. The minimum absolute atomic E-state index is 0.00737. The van der Waals surface area contributed by atoms with Gasteiger partial charge in [-0.15, -0.1) is 0 Å². The first-order chi connectivity index (χ1) is 15.8. The van der Waals surface area contributed by atoms with Gasteiger partial charge >= 0.3 is 0 Å². The van der Waals surface area contributed by atoms with Crippen LogP contribution in [0.2, 0.25) is 0 Å². The maximum Gasteiger partial charge on any atom is 0.251 e. The molecule has 6 heteroatoms. The van der Waals surface area contributed by atoms with E-state index in [1.807, 2.05) is 51.1 Å². The highest BCUT2D eigenvalue weighted by Gasteiger charge is 2.41. The Balaban J connectivity index is 1.52. The molecule has 0 radical (unpaired) electrons. The molecule has 2 aliphatic rings. The summed E-state index contributed by atoms with van der Waals surface area (Å²) in [5.74, 6) is 0.296. The van der Waals surface area contributed by atoms with Gasteiger partial charge in [-0.3, -0.25) is 19.9 Å². The van der Waals surface area contributed by atoms with Gasteiger partial charge in [0.2, 0.25) is 5.91 Å². The lowest BCUT2D eigenvalue weighted by atomic mass is 9.86. The zero-order chi connectivity index (χ0) is 23.8. The summed E-state index contributed by atoms with van der Waals surface area (Å²) in [7, 11) is 0. The van der Waals surface area contributed by atoms with Crippen molar-refractivity contribution in [3.05, 3.63) is 70.8 Å². The van der Waals surface area contributed by atoms with Gasteiger partial charge in [0.05, 0.1) is 18.5 Å². The van der Waals surface area contributed by atoms with E-state index in [9.17, 15) is 9.59 Å². The lowest BCUT2D eigenvalue weighted by molar-refractivity contribution is -0.132. The van der Waals surface area contributed by atoms with Crippen molar-refractivity contribution in [1.29, 1.82) is 5.41 Å². The van der Waals surface area contributed by atoms with Gasteiger partial charge in [0.1, 0.15) is 0 Å². The van der Waals surface area contributed by atoms with Crippen LogP contribution in [0.15, 0.2) is 48.5 Å². The summed E-state index contributed by atoms with van der Waals surface area (Å²) in [6.45, 7) is 8.16. The monoisotopic (exact) mass is 446 g/mol. The van der Waals surface area contributed by atoms with Gasteiger partial charge in [0, 0.05) is 11.1 Å². The van der Waals surface area contributed by atoms with Gasteiger partial charge in [-0.1, -0.05) is 57.2 Å². The SMILES string of the molecule is CCC1(CC)CC(=O)N([C@H](C)c2cccc(C(=O)N[C@@H]3c4ccccc4C[C@@H]3C)c2)C(=N)N1. The Morgan fingerprint density at radius 1 is 1.21 bits per heavy atom. The van der Waals surface area contributed by atoms with Crippen LogP contribution in [0.1, 0.15) is 86.1 Å². The number of guanidine groups is 1. The molecule has 0 spiro atoms. The molecule has 33 heavy (non-hydrogen) atoms. The Morgan fingerprint density at radius 2 is 1.94 bits per heavy atom. The van der Waals surface area contributed by atoms with Crippen LogP contribution in [0, 0.1) is 11.3 Å². The van der Waals surface area contributed by atoms with Crippen molar-refractivity contribution in [2.24, 2.45) is 5.92 Å². The highest BCUT2D eigenvalue weighted by Crippen LogP contribution is 2.36. The summed E-state index contributed by atoms with van der Waals surface area (Å²) in [5.41, 5.74) is 3.54. The first kappa shape index (κ1) is 23.0. The maximum absolute atomic E-state index is 13.2. The summed E-state index contributed by atoms with van der Waals surface area (Å²) in [6.07, 6.45) is 2.91. The molecule has 0 saturated carbocycles. The van der Waals surface area contributed by atoms with Crippen LogP contribution in [-0.4, -0.2) is 28.2 Å². The summed E-state index contributed by atoms with van der Waals surface area (Å²) in [4.78, 5) is 27.7. The minimum Gasteiger partial charge on any atom is -0.350 e. The molecule has 0 unspecified atom stereocenters. The molecule has 1 heterocycles.